The molecule has 3 amide bonds. The van der Waals surface area contributed by atoms with Crippen LogP contribution in [0.1, 0.15) is 31.7 Å². The van der Waals surface area contributed by atoms with Crippen LogP contribution in [0.25, 0.3) is 21.5 Å². The number of carbonyl (C=O) groups excluding carboxylic acids is 2. The first-order chi connectivity index (χ1) is 22.3. The summed E-state index contributed by atoms with van der Waals surface area (Å²) in [5, 5.41) is 7.06. The first-order valence-electron chi connectivity index (χ1n) is 16.2. The van der Waals surface area contributed by atoms with E-state index in [0.29, 0.717) is 39.1 Å². The molecule has 10 heteroatoms. The third-order valence-corrected chi connectivity index (χ3v) is 11.1. The van der Waals surface area contributed by atoms with Gasteiger partial charge in [0.2, 0.25) is 15.9 Å². The SMILES string of the molecule is CCCCC1CN(C(=O)[C@H](Cc2ccc3ccccc3c2)NC(=O)N2CCOCC2)CCN1S(=O)(=O)c1ccc2ccccc2c1. The maximum Gasteiger partial charge on any atom is 0.318 e. The number of amides is 3. The minimum Gasteiger partial charge on any atom is -0.378 e. The van der Waals surface area contributed by atoms with Crippen molar-refractivity contribution in [1.29, 1.82) is 0 Å². The van der Waals surface area contributed by atoms with Crippen LogP contribution >= 0.6 is 0 Å². The number of unbranched alkanes of at least 4 members (excludes halogenated alkanes) is 1. The van der Waals surface area contributed by atoms with Gasteiger partial charge in [-0.1, -0.05) is 92.6 Å². The van der Waals surface area contributed by atoms with Gasteiger partial charge in [-0.25, -0.2) is 13.2 Å². The Morgan fingerprint density at radius 1 is 0.826 bits per heavy atom. The summed E-state index contributed by atoms with van der Waals surface area (Å²) in [6, 6.07) is 25.7. The van der Waals surface area contributed by atoms with Crippen molar-refractivity contribution >= 4 is 43.5 Å². The van der Waals surface area contributed by atoms with Gasteiger partial charge >= 0.3 is 6.03 Å². The monoisotopic (exact) mass is 642 g/mol. The Hall–Kier alpha value is -3.99. The van der Waals surface area contributed by atoms with Crippen molar-refractivity contribution in [3.63, 3.8) is 0 Å². The van der Waals surface area contributed by atoms with E-state index in [1.165, 1.54) is 0 Å². The number of carbonyl (C=O) groups is 2. The summed E-state index contributed by atoms with van der Waals surface area (Å²) in [5.41, 5.74) is 0.944. The lowest BCUT2D eigenvalue weighted by atomic mass is 10.00. The van der Waals surface area contributed by atoms with Crippen molar-refractivity contribution < 1.29 is 22.7 Å². The molecule has 2 aliphatic rings. The maximum absolute atomic E-state index is 14.3. The summed E-state index contributed by atoms with van der Waals surface area (Å²) in [4.78, 5) is 31.3. The van der Waals surface area contributed by atoms with E-state index in [1.807, 2.05) is 66.7 Å². The molecule has 0 saturated carbocycles. The zero-order valence-corrected chi connectivity index (χ0v) is 27.1. The summed E-state index contributed by atoms with van der Waals surface area (Å²) in [6.45, 7) is 4.64. The highest BCUT2D eigenvalue weighted by Crippen LogP contribution is 2.28. The van der Waals surface area contributed by atoms with Gasteiger partial charge in [0.05, 0.1) is 18.1 Å². The highest BCUT2D eigenvalue weighted by molar-refractivity contribution is 7.89. The second-order valence-corrected chi connectivity index (χ2v) is 14.1. The predicted molar refractivity (Wildman–Crippen MR) is 180 cm³/mol. The number of hydrogen-bond acceptors (Lipinski definition) is 5. The molecule has 9 nitrogen and oxygen atoms in total. The van der Waals surface area contributed by atoms with Gasteiger partial charge in [-0.15, -0.1) is 0 Å². The van der Waals surface area contributed by atoms with Gasteiger partial charge in [0.1, 0.15) is 6.04 Å². The Morgan fingerprint density at radius 2 is 1.48 bits per heavy atom. The smallest absolute Gasteiger partial charge is 0.318 e. The van der Waals surface area contributed by atoms with Crippen molar-refractivity contribution in [3.05, 3.63) is 90.5 Å². The number of benzene rings is 4. The van der Waals surface area contributed by atoms with Crippen LogP contribution in [0.4, 0.5) is 4.79 Å². The highest BCUT2D eigenvalue weighted by Gasteiger charge is 2.39. The molecule has 1 N–H and O–H groups in total. The van der Waals surface area contributed by atoms with Crippen LogP contribution in [0.15, 0.2) is 89.8 Å². The van der Waals surface area contributed by atoms with Crippen LogP contribution in [-0.2, 0) is 26.0 Å². The van der Waals surface area contributed by atoms with E-state index in [9.17, 15) is 18.0 Å². The Kier molecular flexibility index (Phi) is 9.86. The van der Waals surface area contributed by atoms with Gasteiger partial charge in [-0.2, -0.15) is 4.31 Å². The molecule has 2 atom stereocenters. The van der Waals surface area contributed by atoms with Crippen molar-refractivity contribution in [1.82, 2.24) is 19.4 Å². The molecular formula is C36H42N4O5S. The number of fused-ring (bicyclic) bond motifs is 2. The summed E-state index contributed by atoms with van der Waals surface area (Å²) >= 11 is 0. The topological polar surface area (TPSA) is 99.3 Å². The Balaban J connectivity index is 1.24. The van der Waals surface area contributed by atoms with Gasteiger partial charge in [-0.3, -0.25) is 4.79 Å². The zero-order chi connectivity index (χ0) is 32.1. The second-order valence-electron chi connectivity index (χ2n) is 12.2. The number of rotatable bonds is 9. The fourth-order valence-electron chi connectivity index (χ4n) is 6.52. The van der Waals surface area contributed by atoms with Crippen LogP contribution in [0.5, 0.6) is 0 Å². The molecule has 4 aromatic rings. The van der Waals surface area contributed by atoms with E-state index >= 15 is 0 Å². The van der Waals surface area contributed by atoms with E-state index in [-0.39, 0.29) is 42.5 Å². The van der Waals surface area contributed by atoms with Gasteiger partial charge in [0, 0.05) is 45.2 Å². The molecule has 2 aliphatic heterocycles. The third-order valence-electron chi connectivity index (χ3n) is 9.11. The molecule has 46 heavy (non-hydrogen) atoms. The van der Waals surface area contributed by atoms with Crippen molar-refractivity contribution in [2.45, 2.75) is 49.6 Å². The molecule has 0 spiro atoms. The average molecular weight is 643 g/mol. The molecule has 2 saturated heterocycles. The summed E-state index contributed by atoms with van der Waals surface area (Å²) in [6.07, 6.45) is 2.72. The number of nitrogens with one attached hydrogen (secondary N) is 1. The first-order valence-corrected chi connectivity index (χ1v) is 17.7. The minimum absolute atomic E-state index is 0.190. The number of sulfonamides is 1. The van der Waals surface area contributed by atoms with Gasteiger partial charge in [-0.05, 0) is 45.7 Å². The van der Waals surface area contributed by atoms with Crippen molar-refractivity contribution in [2.24, 2.45) is 0 Å². The third kappa shape index (κ3) is 7.04. The molecule has 0 aromatic heterocycles. The molecule has 0 aliphatic carbocycles. The van der Waals surface area contributed by atoms with Crippen molar-refractivity contribution in [2.75, 3.05) is 45.9 Å². The Bertz CT molecular complexity index is 1810. The van der Waals surface area contributed by atoms with Crippen LogP contribution in [-0.4, -0.2) is 92.5 Å². The first kappa shape index (κ1) is 32.0. The lowest BCUT2D eigenvalue weighted by Crippen LogP contribution is -2.61. The van der Waals surface area contributed by atoms with E-state index in [4.69, 9.17) is 4.74 Å². The Morgan fingerprint density at radius 3 is 2.17 bits per heavy atom. The molecule has 242 valence electrons. The predicted octanol–water partition coefficient (Wildman–Crippen LogP) is 5.04. The summed E-state index contributed by atoms with van der Waals surface area (Å²) < 4.78 is 35.1. The minimum atomic E-state index is -3.80. The molecular weight excluding hydrogens is 600 g/mol. The number of piperazine rings is 1. The van der Waals surface area contributed by atoms with Crippen LogP contribution in [0.3, 0.4) is 0 Å². The normalized spacial score (nSPS) is 18.5. The molecule has 6 rings (SSSR count). The molecule has 2 fully saturated rings. The van der Waals surface area contributed by atoms with Crippen LogP contribution < -0.4 is 5.32 Å². The fraction of sp³-hybridized carbons (Fsp3) is 0.389. The molecule has 2 heterocycles. The second kappa shape index (κ2) is 14.2. The number of morpholine rings is 1. The number of hydrogen-bond donors (Lipinski definition) is 1. The van der Waals surface area contributed by atoms with Gasteiger partial charge in [0.15, 0.2) is 0 Å². The fourth-order valence-corrected chi connectivity index (χ4v) is 8.20. The summed E-state index contributed by atoms with van der Waals surface area (Å²) in [5.74, 6) is -0.195. The molecule has 0 radical (unpaired) electrons. The quantitative estimate of drug-likeness (QED) is 0.276. The number of ether oxygens (including phenoxy) is 1. The van der Waals surface area contributed by atoms with E-state index < -0.39 is 16.1 Å². The van der Waals surface area contributed by atoms with Crippen LogP contribution in [0, 0.1) is 0 Å². The van der Waals surface area contributed by atoms with Gasteiger partial charge < -0.3 is 19.9 Å². The molecule has 1 unspecified atom stereocenters. The maximum atomic E-state index is 14.3. The lowest BCUT2D eigenvalue weighted by molar-refractivity contribution is -0.135. The molecule has 4 aromatic carbocycles. The van der Waals surface area contributed by atoms with Crippen LogP contribution in [0.2, 0.25) is 0 Å². The largest absolute Gasteiger partial charge is 0.378 e. The zero-order valence-electron chi connectivity index (χ0n) is 26.3. The van der Waals surface area contributed by atoms with Crippen molar-refractivity contribution in [3.8, 4) is 0 Å². The molecule has 0 bridgehead atoms. The highest BCUT2D eigenvalue weighted by atomic mass is 32.2. The van der Waals surface area contributed by atoms with E-state index in [2.05, 4.69) is 18.3 Å². The number of nitrogens with zero attached hydrogens (tertiary/aromatic N) is 3. The summed E-state index contributed by atoms with van der Waals surface area (Å²) in [7, 11) is -3.80. The average Bonchev–Trinajstić information content (AvgIpc) is 3.10. The standard InChI is InChI=1S/C36H42N4O5S/c1-2-3-12-32-26-39(17-18-40(32)46(43,44)33-16-15-29-9-5-7-11-31(29)25-33)35(41)34(37-36(42)38-19-21-45-22-20-38)24-27-13-14-28-8-4-6-10-30(28)23-27/h4-11,13-16,23,25,32,34H,2-3,12,17-22,24,26H2,1H3,(H,37,42)/t32?,34-/m0/s1. The van der Waals surface area contributed by atoms with Gasteiger partial charge in [0.25, 0.3) is 0 Å². The van der Waals surface area contributed by atoms with E-state index in [1.54, 1.807) is 26.2 Å². The number of urea groups is 1. The Labute approximate surface area is 271 Å². The van der Waals surface area contributed by atoms with E-state index in [0.717, 1.165) is 39.9 Å². The lowest BCUT2D eigenvalue weighted by Gasteiger charge is -2.42.